The summed E-state index contributed by atoms with van der Waals surface area (Å²) >= 11 is 1.25. The second-order valence-corrected chi connectivity index (χ2v) is 7.28. The van der Waals surface area contributed by atoms with Gasteiger partial charge in [-0.05, 0) is 44.4 Å². The monoisotopic (exact) mass is 334 g/mol. The maximum atomic E-state index is 12.3. The Kier molecular flexibility index (Phi) is 5.26. The van der Waals surface area contributed by atoms with E-state index in [1.807, 2.05) is 38.1 Å². The van der Waals surface area contributed by atoms with Gasteiger partial charge in [0.25, 0.3) is 10.0 Å². The van der Waals surface area contributed by atoms with Crippen molar-refractivity contribution in [2.45, 2.75) is 18.7 Å². The number of aryl methyl sites for hydroxylation is 2. The molecule has 0 heterocycles. The molecule has 2 aromatic carbocycles. The van der Waals surface area contributed by atoms with Crippen LogP contribution in [0.25, 0.3) is 0 Å². The molecule has 6 heteroatoms. The lowest BCUT2D eigenvalue weighted by Gasteiger charge is -2.08. The third-order valence-electron chi connectivity index (χ3n) is 3.02. The Morgan fingerprint density at radius 1 is 0.955 bits per heavy atom. The van der Waals surface area contributed by atoms with E-state index in [9.17, 15) is 8.42 Å². The van der Waals surface area contributed by atoms with E-state index in [-0.39, 0.29) is 4.90 Å². The van der Waals surface area contributed by atoms with Crippen LogP contribution in [0, 0.1) is 13.8 Å². The van der Waals surface area contributed by atoms with Gasteiger partial charge in [-0.2, -0.15) is 8.42 Å². The number of rotatable bonds is 3. The second-order valence-electron chi connectivity index (χ2n) is 4.88. The van der Waals surface area contributed by atoms with Gasteiger partial charge in [-0.3, -0.25) is 0 Å². The summed E-state index contributed by atoms with van der Waals surface area (Å²) in [5, 5.41) is 3.36. The minimum atomic E-state index is -3.71. The Bertz CT molecular complexity index is 765. The predicted molar refractivity (Wildman–Crippen MR) is 94.1 cm³/mol. The van der Waals surface area contributed by atoms with E-state index in [4.69, 9.17) is 0 Å². The van der Waals surface area contributed by atoms with Gasteiger partial charge in [-0.15, -0.1) is 4.40 Å². The molecule has 2 rings (SSSR count). The molecule has 0 aliphatic carbocycles. The summed E-state index contributed by atoms with van der Waals surface area (Å²) in [5.41, 5.74) is 2.95. The van der Waals surface area contributed by atoms with Gasteiger partial charge in [0.1, 0.15) is 0 Å². The lowest BCUT2D eigenvalue weighted by atomic mass is 10.2. The summed E-state index contributed by atoms with van der Waals surface area (Å²) in [5.74, 6) is 0. The van der Waals surface area contributed by atoms with E-state index in [1.54, 1.807) is 30.5 Å². The molecule has 0 unspecified atom stereocenters. The van der Waals surface area contributed by atoms with Crippen molar-refractivity contribution in [3.63, 3.8) is 0 Å². The van der Waals surface area contributed by atoms with Crippen LogP contribution in [0.5, 0.6) is 0 Å². The molecule has 0 spiro atoms. The van der Waals surface area contributed by atoms with Crippen molar-refractivity contribution in [1.82, 2.24) is 0 Å². The van der Waals surface area contributed by atoms with Gasteiger partial charge in [-0.25, -0.2) is 0 Å². The Labute approximate surface area is 135 Å². The molecule has 1 N–H and O–H groups in total. The third-order valence-corrected chi connectivity index (χ3v) is 5.00. The minimum absolute atomic E-state index is 0.190. The Balaban J connectivity index is 2.27. The van der Waals surface area contributed by atoms with E-state index < -0.39 is 10.0 Å². The van der Waals surface area contributed by atoms with Gasteiger partial charge >= 0.3 is 0 Å². The number of nitrogens with zero attached hydrogens (tertiary/aromatic N) is 1. The lowest BCUT2D eigenvalue weighted by molar-refractivity contribution is 0.598. The van der Waals surface area contributed by atoms with Crippen LogP contribution >= 0.6 is 11.8 Å². The standard InChI is InChI=1S/C16H18N2O2S2/c1-12-4-8-14(9-5-12)17-16(21-3)18-22(19,20)15-10-6-13(2)7-11-15/h4-11H,1-3H3,(H,17,18). The molecule has 0 bridgehead atoms. The number of sulfonamides is 1. The van der Waals surface area contributed by atoms with Gasteiger partial charge in [0.05, 0.1) is 4.90 Å². The number of anilines is 1. The molecule has 0 saturated heterocycles. The first-order chi connectivity index (χ1) is 10.4. The largest absolute Gasteiger partial charge is 0.334 e. The molecule has 0 aliphatic heterocycles. The topological polar surface area (TPSA) is 58.5 Å². The highest BCUT2D eigenvalue weighted by molar-refractivity contribution is 8.14. The SMILES string of the molecule is CSC(=NS(=O)(=O)c1ccc(C)cc1)Nc1ccc(C)cc1. The van der Waals surface area contributed by atoms with Crippen LogP contribution in [-0.4, -0.2) is 19.8 Å². The van der Waals surface area contributed by atoms with E-state index in [2.05, 4.69) is 9.71 Å². The van der Waals surface area contributed by atoms with Crippen LogP contribution in [-0.2, 0) is 10.0 Å². The molecule has 2 aromatic rings. The Morgan fingerprint density at radius 2 is 1.45 bits per heavy atom. The van der Waals surface area contributed by atoms with Gasteiger partial charge in [0, 0.05) is 5.69 Å². The molecule has 0 atom stereocenters. The van der Waals surface area contributed by atoms with Crippen molar-refractivity contribution in [3.8, 4) is 0 Å². The van der Waals surface area contributed by atoms with Crippen molar-refractivity contribution >= 4 is 32.6 Å². The van der Waals surface area contributed by atoms with Crippen molar-refractivity contribution in [2.75, 3.05) is 11.6 Å². The highest BCUT2D eigenvalue weighted by Crippen LogP contribution is 2.17. The first kappa shape index (κ1) is 16.6. The summed E-state index contributed by atoms with van der Waals surface area (Å²) in [4.78, 5) is 0.190. The molecule has 116 valence electrons. The zero-order valence-corrected chi connectivity index (χ0v) is 14.3. The summed E-state index contributed by atoms with van der Waals surface area (Å²) in [6, 6.07) is 14.3. The molecular weight excluding hydrogens is 316 g/mol. The van der Waals surface area contributed by atoms with Crippen molar-refractivity contribution < 1.29 is 8.42 Å². The van der Waals surface area contributed by atoms with Crippen molar-refractivity contribution in [3.05, 3.63) is 59.7 Å². The Hall–Kier alpha value is -1.79. The summed E-state index contributed by atoms with van der Waals surface area (Å²) in [6.45, 7) is 3.90. The molecule has 0 radical (unpaired) electrons. The number of amidine groups is 1. The molecule has 0 aromatic heterocycles. The number of nitrogens with one attached hydrogen (secondary N) is 1. The van der Waals surface area contributed by atoms with E-state index in [0.29, 0.717) is 5.17 Å². The van der Waals surface area contributed by atoms with Gasteiger partial charge in [-0.1, -0.05) is 47.2 Å². The maximum Gasteiger partial charge on any atom is 0.284 e. The number of thioether (sulfide) groups is 1. The van der Waals surface area contributed by atoms with Crippen LogP contribution in [0.2, 0.25) is 0 Å². The number of hydrogen-bond acceptors (Lipinski definition) is 3. The molecule has 0 amide bonds. The quantitative estimate of drug-likeness (QED) is 0.685. The summed E-state index contributed by atoms with van der Waals surface area (Å²) < 4.78 is 28.5. The zero-order valence-electron chi connectivity index (χ0n) is 12.7. The molecule has 0 saturated carbocycles. The Morgan fingerprint density at radius 3 is 1.95 bits per heavy atom. The lowest BCUT2D eigenvalue weighted by Crippen LogP contribution is -2.11. The van der Waals surface area contributed by atoms with Crippen molar-refractivity contribution in [1.29, 1.82) is 0 Å². The fourth-order valence-electron chi connectivity index (χ4n) is 1.74. The normalized spacial score (nSPS) is 12.2. The third kappa shape index (κ3) is 4.35. The van der Waals surface area contributed by atoms with E-state index in [1.165, 1.54) is 11.8 Å². The highest BCUT2D eigenvalue weighted by atomic mass is 32.2. The summed E-state index contributed by atoms with van der Waals surface area (Å²) in [7, 11) is -3.71. The van der Waals surface area contributed by atoms with Crippen LogP contribution in [0.4, 0.5) is 5.69 Å². The van der Waals surface area contributed by atoms with E-state index in [0.717, 1.165) is 16.8 Å². The average molecular weight is 334 g/mol. The molecule has 4 nitrogen and oxygen atoms in total. The zero-order chi connectivity index (χ0) is 16.2. The predicted octanol–water partition coefficient (Wildman–Crippen LogP) is 3.82. The average Bonchev–Trinajstić information content (AvgIpc) is 2.49. The first-order valence-electron chi connectivity index (χ1n) is 6.70. The number of benzene rings is 2. The molecular formula is C16H18N2O2S2. The second kappa shape index (κ2) is 6.98. The maximum absolute atomic E-state index is 12.3. The minimum Gasteiger partial charge on any atom is -0.334 e. The first-order valence-corrected chi connectivity index (χ1v) is 9.36. The smallest absolute Gasteiger partial charge is 0.284 e. The van der Waals surface area contributed by atoms with Crippen LogP contribution in [0.3, 0.4) is 0 Å². The van der Waals surface area contributed by atoms with Crippen LogP contribution < -0.4 is 5.32 Å². The van der Waals surface area contributed by atoms with Crippen LogP contribution in [0.1, 0.15) is 11.1 Å². The van der Waals surface area contributed by atoms with Gasteiger partial charge < -0.3 is 5.32 Å². The van der Waals surface area contributed by atoms with Crippen LogP contribution in [0.15, 0.2) is 57.8 Å². The summed E-state index contributed by atoms with van der Waals surface area (Å²) in [6.07, 6.45) is 1.78. The fourth-order valence-corrected chi connectivity index (χ4v) is 3.41. The highest BCUT2D eigenvalue weighted by Gasteiger charge is 2.14. The number of hydrogen-bond donors (Lipinski definition) is 1. The fraction of sp³-hybridized carbons (Fsp3) is 0.188. The molecule has 0 aliphatic rings. The van der Waals surface area contributed by atoms with Crippen molar-refractivity contribution in [2.24, 2.45) is 4.40 Å². The molecule has 22 heavy (non-hydrogen) atoms. The van der Waals surface area contributed by atoms with Gasteiger partial charge in [0.2, 0.25) is 0 Å². The molecule has 0 fully saturated rings. The van der Waals surface area contributed by atoms with E-state index >= 15 is 0 Å². The van der Waals surface area contributed by atoms with Gasteiger partial charge in [0.15, 0.2) is 5.17 Å².